The summed E-state index contributed by atoms with van der Waals surface area (Å²) in [5.74, 6) is 0.376. The number of hydrogen-bond donors (Lipinski definition) is 1. The first-order chi connectivity index (χ1) is 9.25. The van der Waals surface area contributed by atoms with Crippen LogP contribution in [-0.4, -0.2) is 35.3 Å². The Hall–Kier alpha value is -0.580. The lowest BCUT2D eigenvalue weighted by atomic mass is 9.90. The molecule has 2 atom stereocenters. The van der Waals surface area contributed by atoms with Crippen LogP contribution < -0.4 is 0 Å². The molecule has 0 bridgehead atoms. The number of ether oxygens (including phenoxy) is 1. The van der Waals surface area contributed by atoms with Gasteiger partial charge < -0.3 is 9.84 Å². The van der Waals surface area contributed by atoms with E-state index in [9.17, 15) is 5.11 Å². The molecule has 104 valence electrons. The second kappa shape index (κ2) is 5.81. The molecule has 2 aliphatic rings. The van der Waals surface area contributed by atoms with E-state index in [0.29, 0.717) is 17.9 Å². The molecule has 1 aliphatic heterocycles. The standard InChI is InChI=1S/C15H20BrNO2/c16-12-5-3-4-11(15(12)18)10-17-8-9-19-14-7-2-1-6-13(14)17/h3-5,13-14,18H,1-2,6-10H2. The number of hydrogen-bond acceptors (Lipinski definition) is 3. The van der Waals surface area contributed by atoms with E-state index in [1.807, 2.05) is 18.2 Å². The number of phenolic OH excluding ortho intramolecular Hbond substituents is 1. The summed E-state index contributed by atoms with van der Waals surface area (Å²) in [5.41, 5.74) is 1.00. The van der Waals surface area contributed by atoms with Crippen molar-refractivity contribution >= 4 is 15.9 Å². The van der Waals surface area contributed by atoms with Crippen LogP contribution in [-0.2, 0) is 11.3 Å². The molecule has 1 aromatic rings. The molecule has 2 fully saturated rings. The summed E-state index contributed by atoms with van der Waals surface area (Å²) in [6.45, 7) is 2.60. The smallest absolute Gasteiger partial charge is 0.134 e. The van der Waals surface area contributed by atoms with Crippen molar-refractivity contribution in [3.05, 3.63) is 28.2 Å². The minimum absolute atomic E-state index is 0.376. The lowest BCUT2D eigenvalue weighted by Crippen LogP contribution is -2.52. The summed E-state index contributed by atoms with van der Waals surface area (Å²) >= 11 is 3.39. The van der Waals surface area contributed by atoms with Crippen LogP contribution in [0.15, 0.2) is 22.7 Å². The fourth-order valence-corrected chi connectivity index (χ4v) is 3.69. The maximum absolute atomic E-state index is 10.1. The third-order valence-electron chi connectivity index (χ3n) is 4.29. The average Bonchev–Trinajstić information content (AvgIpc) is 2.44. The van der Waals surface area contributed by atoms with Crippen molar-refractivity contribution in [3.8, 4) is 5.75 Å². The fourth-order valence-electron chi connectivity index (χ4n) is 3.28. The monoisotopic (exact) mass is 325 g/mol. The molecule has 2 unspecified atom stereocenters. The SMILES string of the molecule is Oc1c(Br)cccc1CN1CCOC2CCCCC21. The Balaban J connectivity index is 1.76. The maximum Gasteiger partial charge on any atom is 0.134 e. The predicted octanol–water partition coefficient (Wildman–Crippen LogP) is 3.30. The molecule has 3 rings (SSSR count). The Kier molecular flexibility index (Phi) is 4.10. The van der Waals surface area contributed by atoms with E-state index in [1.54, 1.807) is 0 Å². The van der Waals surface area contributed by atoms with Crippen LogP contribution in [0.4, 0.5) is 0 Å². The van der Waals surface area contributed by atoms with Crippen LogP contribution in [0.5, 0.6) is 5.75 Å². The average molecular weight is 326 g/mol. The van der Waals surface area contributed by atoms with Gasteiger partial charge in [0.25, 0.3) is 0 Å². The van der Waals surface area contributed by atoms with Gasteiger partial charge in [-0.25, -0.2) is 0 Å². The van der Waals surface area contributed by atoms with Gasteiger partial charge in [-0.15, -0.1) is 0 Å². The fraction of sp³-hybridized carbons (Fsp3) is 0.600. The van der Waals surface area contributed by atoms with Crippen molar-refractivity contribution in [2.45, 2.75) is 44.4 Å². The Morgan fingerprint density at radius 1 is 1.32 bits per heavy atom. The van der Waals surface area contributed by atoms with E-state index >= 15 is 0 Å². The molecule has 1 heterocycles. The highest BCUT2D eigenvalue weighted by Gasteiger charge is 2.34. The number of benzene rings is 1. The van der Waals surface area contributed by atoms with Gasteiger partial charge in [-0.3, -0.25) is 4.90 Å². The molecule has 0 radical (unpaired) electrons. The molecule has 1 saturated carbocycles. The van der Waals surface area contributed by atoms with Crippen LogP contribution in [0.2, 0.25) is 0 Å². The second-order valence-corrected chi connectivity index (χ2v) is 6.33. The quantitative estimate of drug-likeness (QED) is 0.905. The molecule has 1 aromatic carbocycles. The highest BCUT2D eigenvalue weighted by atomic mass is 79.9. The van der Waals surface area contributed by atoms with Gasteiger partial charge in [0.15, 0.2) is 0 Å². The van der Waals surface area contributed by atoms with E-state index in [0.717, 1.165) is 29.7 Å². The van der Waals surface area contributed by atoms with Crippen molar-refractivity contribution < 1.29 is 9.84 Å². The molecule has 3 nitrogen and oxygen atoms in total. The third kappa shape index (κ3) is 2.81. The van der Waals surface area contributed by atoms with E-state index in [-0.39, 0.29) is 0 Å². The summed E-state index contributed by atoms with van der Waals surface area (Å²) < 4.78 is 6.67. The summed E-state index contributed by atoms with van der Waals surface area (Å²) in [5, 5.41) is 10.1. The highest BCUT2D eigenvalue weighted by Crippen LogP contribution is 2.33. The van der Waals surface area contributed by atoms with Crippen LogP contribution in [0.1, 0.15) is 31.2 Å². The van der Waals surface area contributed by atoms with Crippen LogP contribution in [0, 0.1) is 0 Å². The molecule has 1 N–H and O–H groups in total. The van der Waals surface area contributed by atoms with Crippen LogP contribution in [0.3, 0.4) is 0 Å². The number of rotatable bonds is 2. The maximum atomic E-state index is 10.1. The van der Waals surface area contributed by atoms with Gasteiger partial charge in [-0.05, 0) is 34.8 Å². The zero-order valence-corrected chi connectivity index (χ0v) is 12.6. The minimum atomic E-state index is 0.376. The van der Waals surface area contributed by atoms with Crippen LogP contribution >= 0.6 is 15.9 Å². The number of para-hydroxylation sites is 1. The molecule has 0 aromatic heterocycles. The van der Waals surface area contributed by atoms with Crippen molar-refractivity contribution in [2.75, 3.05) is 13.2 Å². The number of phenols is 1. The molecule has 1 aliphatic carbocycles. The first kappa shape index (κ1) is 13.4. The zero-order valence-electron chi connectivity index (χ0n) is 11.0. The van der Waals surface area contributed by atoms with Crippen LogP contribution in [0.25, 0.3) is 0 Å². The van der Waals surface area contributed by atoms with Crippen molar-refractivity contribution in [3.63, 3.8) is 0 Å². The Bertz CT molecular complexity index is 450. The zero-order chi connectivity index (χ0) is 13.2. The van der Waals surface area contributed by atoms with Gasteiger partial charge in [-0.2, -0.15) is 0 Å². The molecule has 0 amide bonds. The Morgan fingerprint density at radius 3 is 3.05 bits per heavy atom. The lowest BCUT2D eigenvalue weighted by molar-refractivity contribution is -0.0912. The lowest BCUT2D eigenvalue weighted by Gasteiger charge is -2.44. The topological polar surface area (TPSA) is 32.7 Å². The van der Waals surface area contributed by atoms with E-state index < -0.39 is 0 Å². The summed E-state index contributed by atoms with van der Waals surface area (Å²) in [6, 6.07) is 6.40. The molecular weight excluding hydrogens is 306 g/mol. The number of aromatic hydroxyl groups is 1. The van der Waals surface area contributed by atoms with E-state index in [4.69, 9.17) is 4.74 Å². The number of halogens is 1. The van der Waals surface area contributed by atoms with Gasteiger partial charge in [-0.1, -0.05) is 25.0 Å². The van der Waals surface area contributed by atoms with E-state index in [1.165, 1.54) is 25.7 Å². The normalized spacial score (nSPS) is 28.1. The van der Waals surface area contributed by atoms with Crippen molar-refractivity contribution in [1.82, 2.24) is 4.90 Å². The number of morpholine rings is 1. The van der Waals surface area contributed by atoms with Gasteiger partial charge >= 0.3 is 0 Å². The van der Waals surface area contributed by atoms with Gasteiger partial charge in [0.2, 0.25) is 0 Å². The van der Waals surface area contributed by atoms with Gasteiger partial charge in [0, 0.05) is 24.7 Å². The van der Waals surface area contributed by atoms with E-state index in [2.05, 4.69) is 20.8 Å². The summed E-state index contributed by atoms with van der Waals surface area (Å²) in [4.78, 5) is 2.48. The summed E-state index contributed by atoms with van der Waals surface area (Å²) in [6.07, 6.45) is 5.39. The predicted molar refractivity (Wildman–Crippen MR) is 78.2 cm³/mol. The number of fused-ring (bicyclic) bond motifs is 1. The highest BCUT2D eigenvalue weighted by molar-refractivity contribution is 9.10. The van der Waals surface area contributed by atoms with Crippen molar-refractivity contribution in [1.29, 1.82) is 0 Å². The number of nitrogens with zero attached hydrogens (tertiary/aromatic N) is 1. The van der Waals surface area contributed by atoms with Crippen molar-refractivity contribution in [2.24, 2.45) is 0 Å². The largest absolute Gasteiger partial charge is 0.506 e. The van der Waals surface area contributed by atoms with Gasteiger partial charge in [0.1, 0.15) is 5.75 Å². The molecule has 19 heavy (non-hydrogen) atoms. The Morgan fingerprint density at radius 2 is 2.16 bits per heavy atom. The third-order valence-corrected chi connectivity index (χ3v) is 4.93. The molecule has 0 spiro atoms. The minimum Gasteiger partial charge on any atom is -0.506 e. The molecular formula is C15H20BrNO2. The Labute approximate surface area is 122 Å². The summed E-state index contributed by atoms with van der Waals surface area (Å²) in [7, 11) is 0. The molecule has 4 heteroatoms. The first-order valence-corrected chi connectivity index (χ1v) is 7.87. The first-order valence-electron chi connectivity index (χ1n) is 7.08. The second-order valence-electron chi connectivity index (χ2n) is 5.48. The molecule has 1 saturated heterocycles. The van der Waals surface area contributed by atoms with Gasteiger partial charge in [0.05, 0.1) is 17.2 Å².